The van der Waals surface area contributed by atoms with Crippen LogP contribution in [0.1, 0.15) is 11.0 Å². The Morgan fingerprint density at radius 2 is 0.930 bits per heavy atom. The van der Waals surface area contributed by atoms with Crippen LogP contribution in [-0.2, 0) is 0 Å². The van der Waals surface area contributed by atoms with Crippen molar-refractivity contribution < 1.29 is 11.0 Å². The van der Waals surface area contributed by atoms with Crippen LogP contribution < -0.4 is 0 Å². The highest BCUT2D eigenvalue weighted by Gasteiger charge is 2.23. The summed E-state index contributed by atoms with van der Waals surface area (Å²) in [5.74, 6) is 0. The predicted molar refractivity (Wildman–Crippen MR) is 185 cm³/mol. The molecule has 0 saturated heterocycles. The zero-order chi connectivity index (χ0) is 35.3. The van der Waals surface area contributed by atoms with Gasteiger partial charge in [-0.15, -0.1) is 0 Å². The maximum atomic E-state index is 9.37. The van der Waals surface area contributed by atoms with Crippen molar-refractivity contribution in [2.45, 2.75) is 9.79 Å². The van der Waals surface area contributed by atoms with Crippen molar-refractivity contribution in [3.05, 3.63) is 158 Å². The van der Waals surface area contributed by atoms with Gasteiger partial charge in [-0.2, -0.15) is 0 Å². The van der Waals surface area contributed by atoms with Gasteiger partial charge < -0.3 is 0 Å². The lowest BCUT2D eigenvalue weighted by atomic mass is 9.83. The van der Waals surface area contributed by atoms with Crippen LogP contribution in [0.4, 0.5) is 0 Å². The van der Waals surface area contributed by atoms with Crippen LogP contribution in [-0.4, -0.2) is 0 Å². The number of hydrogen-bond donors (Lipinski definition) is 0. The van der Waals surface area contributed by atoms with Gasteiger partial charge in [0.2, 0.25) is 0 Å². The number of benzene rings is 8. The Morgan fingerprint density at radius 3 is 1.65 bits per heavy atom. The predicted octanol–water partition coefficient (Wildman–Crippen LogP) is 12.3. The molecule has 0 saturated carbocycles. The molecule has 43 heavy (non-hydrogen) atoms. The van der Waals surface area contributed by atoms with E-state index in [-0.39, 0.29) is 45.7 Å². The summed E-state index contributed by atoms with van der Waals surface area (Å²) in [7, 11) is 0. The van der Waals surface area contributed by atoms with Gasteiger partial charge in [0.1, 0.15) is 0 Å². The minimum absolute atomic E-state index is 0.209. The zero-order valence-corrected chi connectivity index (χ0v) is 23.6. The molecule has 0 fully saturated rings. The smallest absolute Gasteiger partial charge is 0.0629 e. The van der Waals surface area contributed by atoms with E-state index in [1.165, 1.54) is 0 Å². The molecule has 0 amide bonds. The van der Waals surface area contributed by atoms with E-state index in [0.717, 1.165) is 42.8 Å². The Morgan fingerprint density at radius 1 is 0.372 bits per heavy atom. The fourth-order valence-electron chi connectivity index (χ4n) is 6.44. The van der Waals surface area contributed by atoms with E-state index in [9.17, 15) is 5.48 Å². The molecule has 0 N–H and O–H groups in total. The molecular weight excluding hydrogens is 537 g/mol. The molecule has 200 valence electrons. The maximum Gasteiger partial charge on any atom is 0.0629 e. The first kappa shape index (κ1) is 17.8. The highest BCUT2D eigenvalue weighted by Crippen LogP contribution is 2.51. The van der Waals surface area contributed by atoms with Crippen molar-refractivity contribution in [3.8, 4) is 44.5 Å². The van der Waals surface area contributed by atoms with Crippen LogP contribution >= 0.6 is 11.8 Å². The molecule has 1 heterocycles. The molecule has 0 atom stereocenters. The van der Waals surface area contributed by atoms with Gasteiger partial charge in [0.05, 0.1) is 11.0 Å². The first-order valence-electron chi connectivity index (χ1n) is 18.1. The van der Waals surface area contributed by atoms with E-state index >= 15 is 0 Å². The second-order valence-electron chi connectivity index (χ2n) is 10.6. The van der Waals surface area contributed by atoms with Crippen LogP contribution in [0.2, 0.25) is 0 Å². The van der Waals surface area contributed by atoms with Gasteiger partial charge in [0, 0.05) is 15.2 Å². The van der Waals surface area contributed by atoms with Crippen LogP contribution in [0, 0.1) is 0 Å². The molecule has 8 aromatic rings. The molecule has 1 heteroatoms. The van der Waals surface area contributed by atoms with Crippen molar-refractivity contribution in [2.24, 2.45) is 0 Å². The van der Waals surface area contributed by atoms with Gasteiger partial charge in [-0.3, -0.25) is 0 Å². The summed E-state index contributed by atoms with van der Waals surface area (Å²) in [5.41, 5.74) is 5.98. The van der Waals surface area contributed by atoms with Gasteiger partial charge in [-0.1, -0.05) is 157 Å². The number of rotatable bonds is 3. The largest absolute Gasteiger partial charge is 0.0888 e. The van der Waals surface area contributed by atoms with E-state index < -0.39 is 24.2 Å². The number of hydrogen-bond acceptors (Lipinski definition) is 1. The van der Waals surface area contributed by atoms with Crippen molar-refractivity contribution in [1.29, 1.82) is 0 Å². The van der Waals surface area contributed by atoms with Crippen LogP contribution in [0.15, 0.2) is 167 Å². The van der Waals surface area contributed by atoms with Crippen molar-refractivity contribution in [1.82, 2.24) is 0 Å². The molecule has 0 aliphatic carbocycles. The highest BCUT2D eigenvalue weighted by molar-refractivity contribution is 7.99. The topological polar surface area (TPSA) is 0 Å². The van der Waals surface area contributed by atoms with E-state index in [0.29, 0.717) is 22.3 Å². The third-order valence-corrected chi connectivity index (χ3v) is 9.46. The monoisotopic (exact) mass is 570 g/mol. The lowest BCUT2D eigenvalue weighted by molar-refractivity contribution is 1.40. The molecule has 0 radical (unpaired) electrons. The van der Waals surface area contributed by atoms with E-state index in [4.69, 9.17) is 5.48 Å². The summed E-state index contributed by atoms with van der Waals surface area (Å²) in [6.07, 6.45) is 0. The fraction of sp³-hybridized carbons (Fsp3) is 0. The molecular formula is C42H26S. The van der Waals surface area contributed by atoms with Crippen molar-refractivity contribution in [3.63, 3.8) is 0 Å². The molecule has 8 aromatic carbocycles. The third kappa shape index (κ3) is 3.79. The maximum absolute atomic E-state index is 9.37. The van der Waals surface area contributed by atoms with Crippen molar-refractivity contribution >= 4 is 44.1 Å². The normalized spacial score (nSPS) is 14.7. The Bertz CT molecular complexity index is 2710. The van der Waals surface area contributed by atoms with Crippen molar-refractivity contribution in [2.75, 3.05) is 0 Å². The van der Waals surface area contributed by atoms with Crippen LogP contribution in [0.5, 0.6) is 0 Å². The minimum Gasteiger partial charge on any atom is -0.0888 e. The lowest BCUT2D eigenvalue weighted by Crippen LogP contribution is -1.95. The van der Waals surface area contributed by atoms with Gasteiger partial charge in [0.25, 0.3) is 0 Å². The average Bonchev–Trinajstić information content (AvgIpc) is 3.17. The quantitative estimate of drug-likeness (QED) is 0.190. The molecule has 0 nitrogen and oxygen atoms in total. The van der Waals surface area contributed by atoms with Gasteiger partial charge >= 0.3 is 0 Å². The zero-order valence-electron chi connectivity index (χ0n) is 30.8. The summed E-state index contributed by atoms with van der Waals surface area (Å²) in [6, 6.07) is 32.9. The fourth-order valence-corrected chi connectivity index (χ4v) is 7.58. The Labute approximate surface area is 266 Å². The first-order chi connectivity index (χ1) is 24.7. The molecule has 9 rings (SSSR count). The van der Waals surface area contributed by atoms with Gasteiger partial charge in [0.15, 0.2) is 0 Å². The molecule has 1 aliphatic heterocycles. The average molecular weight is 571 g/mol. The lowest BCUT2D eigenvalue weighted by Gasteiger charge is -2.23. The molecule has 0 spiro atoms. The summed E-state index contributed by atoms with van der Waals surface area (Å²) >= 11 is 1.66. The Hall–Kier alpha value is -5.11. The summed E-state index contributed by atoms with van der Waals surface area (Å²) in [4.78, 5) is 2.17. The SMILES string of the molecule is [2H]c1c([2H])c([2H])c2c(-c3ccc4c5c(cccc35)Sc3ccccc3-4)c3c([2H])c([2H])c([2H])c([2H])c3c(-c3ccc(-c4ccccc4)cc3)c2c1[2H]. The summed E-state index contributed by atoms with van der Waals surface area (Å²) in [5, 5.41) is 2.66. The second-order valence-corrected chi connectivity index (χ2v) is 11.7. The first-order valence-corrected chi connectivity index (χ1v) is 14.9. The van der Waals surface area contributed by atoms with Crippen LogP contribution in [0.25, 0.3) is 76.8 Å². The van der Waals surface area contributed by atoms with E-state index in [1.54, 1.807) is 11.8 Å². The van der Waals surface area contributed by atoms with E-state index in [1.807, 2.05) is 91.0 Å². The highest BCUT2D eigenvalue weighted by atomic mass is 32.2. The van der Waals surface area contributed by atoms with Gasteiger partial charge in [-0.25, -0.2) is 0 Å². The Kier molecular flexibility index (Phi) is 4.02. The summed E-state index contributed by atoms with van der Waals surface area (Å²) < 4.78 is 72.5. The molecule has 0 bridgehead atoms. The van der Waals surface area contributed by atoms with E-state index in [2.05, 4.69) is 18.2 Å². The second kappa shape index (κ2) is 9.73. The minimum atomic E-state index is -0.411. The summed E-state index contributed by atoms with van der Waals surface area (Å²) in [6.45, 7) is 0. The molecule has 1 aliphatic rings. The molecule has 0 unspecified atom stereocenters. The third-order valence-electron chi connectivity index (χ3n) is 8.32. The molecule has 0 aromatic heterocycles. The Balaban J connectivity index is 1.49. The number of fused-ring (bicyclic) bond motifs is 4. The van der Waals surface area contributed by atoms with Crippen LogP contribution in [0.3, 0.4) is 0 Å². The standard InChI is InChI=1S/C42H26S/c1-2-11-27(12-3-1)28-21-23-29(24-22-28)40-31-14-4-6-16-33(31)41(34-17-7-5-15-32(34)40)37-26-25-36-30-13-8-9-19-38(30)43-39-20-10-18-35(37)42(36)39/h1-26H/i4D,5D,6D,7D,14D,15D,16D,17D. The van der Waals surface area contributed by atoms with Gasteiger partial charge in [-0.05, 0) is 83.6 Å².